The second-order valence-electron chi connectivity index (χ2n) is 4.49. The van der Waals surface area contributed by atoms with Crippen LogP contribution in [0.4, 0.5) is 0 Å². The monoisotopic (exact) mass is 246 g/mol. The molecule has 96 valence electrons. The van der Waals surface area contributed by atoms with E-state index in [1.807, 2.05) is 11.8 Å². The molecule has 16 heavy (non-hydrogen) atoms. The third kappa shape index (κ3) is 6.74. The molecule has 0 amide bonds. The Morgan fingerprint density at radius 1 is 1.31 bits per heavy atom. The van der Waals surface area contributed by atoms with Crippen molar-refractivity contribution in [1.29, 1.82) is 0 Å². The summed E-state index contributed by atoms with van der Waals surface area (Å²) in [6.07, 6.45) is 3.75. The van der Waals surface area contributed by atoms with Crippen LogP contribution in [0.3, 0.4) is 0 Å². The van der Waals surface area contributed by atoms with Gasteiger partial charge < -0.3 is 10.4 Å². The molecular formula is C12H26N2OS. The summed E-state index contributed by atoms with van der Waals surface area (Å²) < 4.78 is 0. The summed E-state index contributed by atoms with van der Waals surface area (Å²) in [7, 11) is 0. The van der Waals surface area contributed by atoms with Crippen LogP contribution in [0.2, 0.25) is 0 Å². The van der Waals surface area contributed by atoms with E-state index in [-0.39, 0.29) is 6.10 Å². The summed E-state index contributed by atoms with van der Waals surface area (Å²) in [6.45, 7) is 7.37. The standard InChI is InChI=1S/C12H26N2OS/c1-2-3-4-9-16-11-12(15)10-14-7-5-13-6-8-14/h12-13,15H,2-11H2,1H3. The molecule has 2 N–H and O–H groups in total. The van der Waals surface area contributed by atoms with Crippen molar-refractivity contribution in [1.82, 2.24) is 10.2 Å². The molecule has 1 atom stereocenters. The first-order chi connectivity index (χ1) is 7.83. The molecule has 0 aromatic rings. The highest BCUT2D eigenvalue weighted by Crippen LogP contribution is 2.09. The quantitative estimate of drug-likeness (QED) is 0.630. The molecule has 4 heteroatoms. The number of nitrogens with one attached hydrogen (secondary N) is 1. The molecule has 1 unspecified atom stereocenters. The van der Waals surface area contributed by atoms with Crippen molar-refractivity contribution in [3.8, 4) is 0 Å². The van der Waals surface area contributed by atoms with Crippen molar-refractivity contribution in [2.24, 2.45) is 0 Å². The summed E-state index contributed by atoms with van der Waals surface area (Å²) in [4.78, 5) is 2.35. The fourth-order valence-electron chi connectivity index (χ4n) is 1.92. The van der Waals surface area contributed by atoms with Crippen molar-refractivity contribution >= 4 is 11.8 Å². The first kappa shape index (κ1) is 14.3. The van der Waals surface area contributed by atoms with Crippen LogP contribution in [0.15, 0.2) is 0 Å². The van der Waals surface area contributed by atoms with Gasteiger partial charge in [0.15, 0.2) is 0 Å². The minimum atomic E-state index is -0.148. The van der Waals surface area contributed by atoms with Gasteiger partial charge >= 0.3 is 0 Å². The van der Waals surface area contributed by atoms with Crippen LogP contribution in [-0.2, 0) is 0 Å². The largest absolute Gasteiger partial charge is 0.391 e. The van der Waals surface area contributed by atoms with Crippen LogP contribution in [0.1, 0.15) is 26.2 Å². The van der Waals surface area contributed by atoms with Crippen molar-refractivity contribution in [3.63, 3.8) is 0 Å². The molecule has 0 aliphatic carbocycles. The number of aliphatic hydroxyl groups excluding tert-OH is 1. The molecule has 1 saturated heterocycles. The molecule has 3 nitrogen and oxygen atoms in total. The fourth-order valence-corrected chi connectivity index (χ4v) is 2.87. The fraction of sp³-hybridized carbons (Fsp3) is 1.00. The zero-order chi connectivity index (χ0) is 11.6. The molecule has 0 aromatic heterocycles. The SMILES string of the molecule is CCCCCSCC(O)CN1CCNCC1. The van der Waals surface area contributed by atoms with Gasteiger partial charge in [-0.3, -0.25) is 4.90 Å². The van der Waals surface area contributed by atoms with Crippen LogP contribution < -0.4 is 5.32 Å². The molecule has 1 heterocycles. The van der Waals surface area contributed by atoms with Gasteiger partial charge in [0.1, 0.15) is 0 Å². The Morgan fingerprint density at radius 3 is 2.75 bits per heavy atom. The van der Waals surface area contributed by atoms with E-state index < -0.39 is 0 Å². The normalized spacial score (nSPS) is 19.9. The maximum absolute atomic E-state index is 9.88. The summed E-state index contributed by atoms with van der Waals surface area (Å²) in [5.41, 5.74) is 0. The van der Waals surface area contributed by atoms with Gasteiger partial charge in [-0.15, -0.1) is 0 Å². The van der Waals surface area contributed by atoms with E-state index in [4.69, 9.17) is 0 Å². The first-order valence-corrected chi connectivity index (χ1v) is 7.67. The third-order valence-corrected chi connectivity index (χ3v) is 4.08. The van der Waals surface area contributed by atoms with Gasteiger partial charge in [-0.05, 0) is 12.2 Å². The molecule has 0 aromatic carbocycles. The Balaban J connectivity index is 1.95. The molecule has 0 spiro atoms. The Morgan fingerprint density at radius 2 is 2.06 bits per heavy atom. The number of thioether (sulfide) groups is 1. The van der Waals surface area contributed by atoms with Gasteiger partial charge in [0.2, 0.25) is 0 Å². The first-order valence-electron chi connectivity index (χ1n) is 6.51. The molecule has 1 aliphatic rings. The van der Waals surface area contributed by atoms with E-state index in [0.29, 0.717) is 0 Å². The van der Waals surface area contributed by atoms with E-state index in [9.17, 15) is 5.11 Å². The molecular weight excluding hydrogens is 220 g/mol. The smallest absolute Gasteiger partial charge is 0.0757 e. The highest BCUT2D eigenvalue weighted by molar-refractivity contribution is 7.99. The molecule has 1 fully saturated rings. The predicted molar refractivity (Wildman–Crippen MR) is 72.2 cm³/mol. The van der Waals surface area contributed by atoms with Gasteiger partial charge in [-0.2, -0.15) is 11.8 Å². The maximum atomic E-state index is 9.88. The van der Waals surface area contributed by atoms with Gasteiger partial charge in [-0.25, -0.2) is 0 Å². The zero-order valence-electron chi connectivity index (χ0n) is 10.5. The molecule has 1 rings (SSSR count). The summed E-state index contributed by atoms with van der Waals surface area (Å²) in [5, 5.41) is 13.2. The molecule has 0 saturated carbocycles. The van der Waals surface area contributed by atoms with Crippen LogP contribution in [-0.4, -0.2) is 60.3 Å². The van der Waals surface area contributed by atoms with Crippen LogP contribution >= 0.6 is 11.8 Å². The Hall–Kier alpha value is 0.230. The van der Waals surface area contributed by atoms with Crippen molar-refractivity contribution < 1.29 is 5.11 Å². The maximum Gasteiger partial charge on any atom is 0.0757 e. The van der Waals surface area contributed by atoms with Gasteiger partial charge in [0.05, 0.1) is 6.10 Å². The highest BCUT2D eigenvalue weighted by Gasteiger charge is 2.13. The lowest BCUT2D eigenvalue weighted by atomic mass is 10.3. The molecule has 0 radical (unpaired) electrons. The average Bonchev–Trinajstić information content (AvgIpc) is 2.30. The number of aliphatic hydroxyl groups is 1. The zero-order valence-corrected chi connectivity index (χ0v) is 11.3. The second-order valence-corrected chi connectivity index (χ2v) is 5.64. The van der Waals surface area contributed by atoms with Gasteiger partial charge in [0, 0.05) is 38.5 Å². The minimum absolute atomic E-state index is 0.148. The van der Waals surface area contributed by atoms with Crippen molar-refractivity contribution in [2.75, 3.05) is 44.2 Å². The van der Waals surface area contributed by atoms with E-state index in [1.165, 1.54) is 25.0 Å². The lowest BCUT2D eigenvalue weighted by molar-refractivity contribution is 0.121. The van der Waals surface area contributed by atoms with E-state index in [2.05, 4.69) is 17.1 Å². The average molecular weight is 246 g/mol. The number of unbranched alkanes of at least 4 members (excludes halogenated alkanes) is 2. The van der Waals surface area contributed by atoms with Crippen molar-refractivity contribution in [2.45, 2.75) is 32.3 Å². The predicted octanol–water partition coefficient (Wildman–Crippen LogP) is 1.18. The third-order valence-electron chi connectivity index (χ3n) is 2.88. The summed E-state index contributed by atoms with van der Waals surface area (Å²) in [5.74, 6) is 2.10. The Bertz CT molecular complexity index is 163. The second kappa shape index (κ2) is 9.28. The van der Waals surface area contributed by atoms with E-state index in [0.717, 1.165) is 38.5 Å². The number of rotatable bonds is 8. The van der Waals surface area contributed by atoms with Crippen LogP contribution in [0, 0.1) is 0 Å². The van der Waals surface area contributed by atoms with Crippen LogP contribution in [0.5, 0.6) is 0 Å². The van der Waals surface area contributed by atoms with Crippen LogP contribution in [0.25, 0.3) is 0 Å². The number of piperazine rings is 1. The lowest BCUT2D eigenvalue weighted by Crippen LogP contribution is -2.46. The highest BCUT2D eigenvalue weighted by atomic mass is 32.2. The minimum Gasteiger partial charge on any atom is -0.391 e. The summed E-state index contributed by atoms with van der Waals surface area (Å²) in [6, 6.07) is 0. The lowest BCUT2D eigenvalue weighted by Gasteiger charge is -2.28. The Kier molecular flexibility index (Phi) is 8.29. The Labute approximate surface area is 104 Å². The molecule has 0 bridgehead atoms. The number of β-amino-alcohol motifs (C(OH)–C–C–N with tert-alkyl or cyclic N) is 1. The summed E-state index contributed by atoms with van der Waals surface area (Å²) >= 11 is 1.90. The number of hydrogen-bond donors (Lipinski definition) is 2. The van der Waals surface area contributed by atoms with E-state index >= 15 is 0 Å². The number of nitrogens with zero attached hydrogens (tertiary/aromatic N) is 1. The van der Waals surface area contributed by atoms with E-state index in [1.54, 1.807) is 0 Å². The topological polar surface area (TPSA) is 35.5 Å². The van der Waals surface area contributed by atoms with Crippen molar-refractivity contribution in [3.05, 3.63) is 0 Å². The van der Waals surface area contributed by atoms with Gasteiger partial charge in [-0.1, -0.05) is 19.8 Å². The van der Waals surface area contributed by atoms with Gasteiger partial charge in [0.25, 0.3) is 0 Å². The molecule has 1 aliphatic heterocycles. The number of hydrogen-bond acceptors (Lipinski definition) is 4.